The second kappa shape index (κ2) is 7.20. The summed E-state index contributed by atoms with van der Waals surface area (Å²) < 4.78 is 0. The van der Waals surface area contributed by atoms with Gasteiger partial charge in [-0.25, -0.2) is 0 Å². The molecule has 96 valence electrons. The van der Waals surface area contributed by atoms with Gasteiger partial charge in [-0.3, -0.25) is 0 Å². The minimum atomic E-state index is 1.25. The van der Waals surface area contributed by atoms with Crippen molar-refractivity contribution in [2.75, 3.05) is 0 Å². The fourth-order valence-electron chi connectivity index (χ4n) is 2.58. The Balaban J connectivity index is 2.12. The summed E-state index contributed by atoms with van der Waals surface area (Å²) >= 11 is 0. The minimum absolute atomic E-state index is 1.25. The minimum Gasteiger partial charge on any atom is -0.0810 e. The molecule has 0 radical (unpaired) electrons. The Morgan fingerprint density at radius 1 is 1.00 bits per heavy atom. The van der Waals surface area contributed by atoms with Gasteiger partial charge in [-0.15, -0.1) is 0 Å². The lowest BCUT2D eigenvalue weighted by Gasteiger charge is -2.18. The van der Waals surface area contributed by atoms with E-state index in [9.17, 15) is 0 Å². The van der Waals surface area contributed by atoms with Gasteiger partial charge in [0.2, 0.25) is 0 Å². The number of allylic oxidation sites excluding steroid dienone is 3. The van der Waals surface area contributed by atoms with E-state index in [1.54, 1.807) is 11.1 Å². The number of benzene rings is 1. The highest BCUT2D eigenvalue weighted by molar-refractivity contribution is 5.58. The van der Waals surface area contributed by atoms with Crippen LogP contribution in [0.1, 0.15) is 57.4 Å². The molecular formula is C18H24. The normalized spacial score (nSPS) is 20.5. The molecule has 0 N–H and O–H groups in total. The van der Waals surface area contributed by atoms with E-state index in [-0.39, 0.29) is 0 Å². The van der Waals surface area contributed by atoms with Crippen LogP contribution in [0.3, 0.4) is 0 Å². The van der Waals surface area contributed by atoms with Gasteiger partial charge in [0.05, 0.1) is 0 Å². The molecule has 0 aliphatic heterocycles. The Hall–Kier alpha value is -1.30. The first-order valence-electron chi connectivity index (χ1n) is 7.35. The molecule has 0 spiro atoms. The van der Waals surface area contributed by atoms with E-state index in [0.29, 0.717) is 0 Å². The predicted molar refractivity (Wildman–Crippen MR) is 80.5 cm³/mol. The van der Waals surface area contributed by atoms with Crippen molar-refractivity contribution in [3.63, 3.8) is 0 Å². The second-order valence-electron chi connectivity index (χ2n) is 5.16. The van der Waals surface area contributed by atoms with Crippen LogP contribution in [-0.2, 0) is 0 Å². The standard InChI is InChI=1S/C18H24/c1-2-3-5-12-17-13-8-9-14-18(17)15-16-10-6-4-7-11-16/h4,6-7,10-12,15H,2-3,5,8-9,13-14H2,1H3/b17-12+,18-15-. The lowest BCUT2D eigenvalue weighted by molar-refractivity contribution is 0.676. The smallest absolute Gasteiger partial charge is 0.0254 e. The first-order valence-corrected chi connectivity index (χ1v) is 7.35. The van der Waals surface area contributed by atoms with Crippen LogP contribution < -0.4 is 0 Å². The van der Waals surface area contributed by atoms with Crippen LogP contribution >= 0.6 is 0 Å². The molecule has 0 nitrogen and oxygen atoms in total. The van der Waals surface area contributed by atoms with E-state index < -0.39 is 0 Å². The molecule has 1 aliphatic rings. The molecular weight excluding hydrogens is 216 g/mol. The lowest BCUT2D eigenvalue weighted by atomic mass is 9.87. The van der Waals surface area contributed by atoms with E-state index >= 15 is 0 Å². The summed E-state index contributed by atoms with van der Waals surface area (Å²) in [5.74, 6) is 0. The van der Waals surface area contributed by atoms with Crippen molar-refractivity contribution in [1.29, 1.82) is 0 Å². The van der Waals surface area contributed by atoms with Crippen molar-refractivity contribution in [2.45, 2.75) is 51.9 Å². The second-order valence-corrected chi connectivity index (χ2v) is 5.16. The van der Waals surface area contributed by atoms with Gasteiger partial charge >= 0.3 is 0 Å². The zero-order valence-electron chi connectivity index (χ0n) is 11.5. The molecule has 0 heterocycles. The van der Waals surface area contributed by atoms with Crippen molar-refractivity contribution in [2.24, 2.45) is 0 Å². The van der Waals surface area contributed by atoms with E-state index in [2.05, 4.69) is 49.4 Å². The Labute approximate surface area is 111 Å². The Morgan fingerprint density at radius 2 is 1.72 bits per heavy atom. The Morgan fingerprint density at radius 3 is 2.44 bits per heavy atom. The Bertz CT molecular complexity index is 409. The van der Waals surface area contributed by atoms with Crippen LogP contribution in [0.2, 0.25) is 0 Å². The number of rotatable bonds is 4. The first-order chi connectivity index (χ1) is 8.90. The van der Waals surface area contributed by atoms with Crippen LogP contribution in [0.4, 0.5) is 0 Å². The van der Waals surface area contributed by atoms with Gasteiger partial charge in [-0.2, -0.15) is 0 Å². The van der Waals surface area contributed by atoms with Crippen molar-refractivity contribution in [3.8, 4) is 0 Å². The molecule has 1 aromatic carbocycles. The average Bonchev–Trinajstić information content (AvgIpc) is 2.42. The fourth-order valence-corrected chi connectivity index (χ4v) is 2.58. The zero-order chi connectivity index (χ0) is 12.6. The Kier molecular flexibility index (Phi) is 5.26. The molecule has 0 amide bonds. The van der Waals surface area contributed by atoms with Crippen molar-refractivity contribution in [1.82, 2.24) is 0 Å². The summed E-state index contributed by atoms with van der Waals surface area (Å²) in [5.41, 5.74) is 4.53. The summed E-state index contributed by atoms with van der Waals surface area (Å²) in [7, 11) is 0. The summed E-state index contributed by atoms with van der Waals surface area (Å²) in [4.78, 5) is 0. The lowest BCUT2D eigenvalue weighted by Crippen LogP contribution is -1.98. The maximum atomic E-state index is 2.48. The van der Waals surface area contributed by atoms with Gasteiger partial charge in [-0.1, -0.05) is 62.2 Å². The average molecular weight is 240 g/mol. The highest BCUT2D eigenvalue weighted by Crippen LogP contribution is 2.30. The van der Waals surface area contributed by atoms with Gasteiger partial charge in [-0.05, 0) is 48.8 Å². The van der Waals surface area contributed by atoms with Crippen LogP contribution in [-0.4, -0.2) is 0 Å². The van der Waals surface area contributed by atoms with Gasteiger partial charge in [0, 0.05) is 0 Å². The third-order valence-electron chi connectivity index (χ3n) is 3.64. The molecule has 2 rings (SSSR count). The largest absolute Gasteiger partial charge is 0.0810 e. The van der Waals surface area contributed by atoms with E-state index in [0.717, 1.165) is 0 Å². The molecule has 1 aromatic rings. The van der Waals surface area contributed by atoms with Crippen LogP contribution in [0.15, 0.2) is 47.6 Å². The number of hydrogen-bond donors (Lipinski definition) is 0. The monoisotopic (exact) mass is 240 g/mol. The van der Waals surface area contributed by atoms with Crippen LogP contribution in [0.25, 0.3) is 6.08 Å². The van der Waals surface area contributed by atoms with Crippen molar-refractivity contribution in [3.05, 3.63) is 53.1 Å². The molecule has 0 heteroatoms. The molecule has 0 unspecified atom stereocenters. The van der Waals surface area contributed by atoms with E-state index in [1.165, 1.54) is 50.5 Å². The molecule has 1 fully saturated rings. The van der Waals surface area contributed by atoms with Gasteiger partial charge in [0.15, 0.2) is 0 Å². The molecule has 0 atom stereocenters. The van der Waals surface area contributed by atoms with E-state index in [4.69, 9.17) is 0 Å². The topological polar surface area (TPSA) is 0 Å². The fraction of sp³-hybridized carbons (Fsp3) is 0.444. The molecule has 0 saturated heterocycles. The SMILES string of the molecule is CCCC/C=C1\CCCC\C1=C\c1ccccc1. The molecule has 0 aromatic heterocycles. The summed E-state index contributed by atoms with van der Waals surface area (Å²) in [6.45, 7) is 2.26. The maximum absolute atomic E-state index is 2.48. The maximum Gasteiger partial charge on any atom is -0.0254 e. The summed E-state index contributed by atoms with van der Waals surface area (Å²) in [6, 6.07) is 10.7. The molecule has 1 saturated carbocycles. The highest BCUT2D eigenvalue weighted by atomic mass is 14.2. The molecule has 18 heavy (non-hydrogen) atoms. The van der Waals surface area contributed by atoms with Gasteiger partial charge in [0.25, 0.3) is 0 Å². The highest BCUT2D eigenvalue weighted by Gasteiger charge is 2.10. The van der Waals surface area contributed by atoms with Crippen molar-refractivity contribution < 1.29 is 0 Å². The molecule has 0 bridgehead atoms. The third kappa shape index (κ3) is 3.87. The van der Waals surface area contributed by atoms with Crippen molar-refractivity contribution >= 4 is 6.08 Å². The van der Waals surface area contributed by atoms with Crippen LogP contribution in [0, 0.1) is 0 Å². The zero-order valence-corrected chi connectivity index (χ0v) is 11.5. The number of hydrogen-bond acceptors (Lipinski definition) is 0. The summed E-state index contributed by atoms with van der Waals surface area (Å²) in [5, 5.41) is 0. The predicted octanol–water partition coefficient (Wildman–Crippen LogP) is 5.76. The van der Waals surface area contributed by atoms with E-state index in [1.807, 2.05) is 0 Å². The third-order valence-corrected chi connectivity index (χ3v) is 3.64. The van der Waals surface area contributed by atoms with Gasteiger partial charge < -0.3 is 0 Å². The van der Waals surface area contributed by atoms with Crippen LogP contribution in [0.5, 0.6) is 0 Å². The quantitative estimate of drug-likeness (QED) is 0.587. The summed E-state index contributed by atoms with van der Waals surface area (Å²) in [6.07, 6.45) is 14.0. The first kappa shape index (κ1) is 13.1. The molecule has 1 aliphatic carbocycles. The number of unbranched alkanes of at least 4 members (excludes halogenated alkanes) is 2. The van der Waals surface area contributed by atoms with Gasteiger partial charge in [0.1, 0.15) is 0 Å².